The summed E-state index contributed by atoms with van der Waals surface area (Å²) in [6.45, 7) is 4.30. The second-order valence-corrected chi connectivity index (χ2v) is 3.64. The van der Waals surface area contributed by atoms with Crippen LogP contribution in [-0.4, -0.2) is 18.5 Å². The van der Waals surface area contributed by atoms with Crippen LogP contribution in [0.2, 0.25) is 0 Å². The van der Waals surface area contributed by atoms with Gasteiger partial charge in [0.2, 0.25) is 5.91 Å². The van der Waals surface area contributed by atoms with Crippen molar-refractivity contribution in [3.63, 3.8) is 0 Å². The third kappa shape index (κ3) is 3.19. The van der Waals surface area contributed by atoms with Crippen LogP contribution in [0, 0.1) is 5.92 Å². The van der Waals surface area contributed by atoms with E-state index in [1.165, 1.54) is 0 Å². The largest absolute Gasteiger partial charge is 0.356 e. The van der Waals surface area contributed by atoms with Crippen LogP contribution in [0.15, 0.2) is 12.7 Å². The summed E-state index contributed by atoms with van der Waals surface area (Å²) in [6.07, 6.45) is 5.42. The molecular formula is C10H18N2O. The number of nitrogens with two attached hydrogens (primary N) is 1. The molecule has 2 atom stereocenters. The van der Waals surface area contributed by atoms with Crippen LogP contribution in [-0.2, 0) is 4.79 Å². The first-order valence-electron chi connectivity index (χ1n) is 4.88. The van der Waals surface area contributed by atoms with E-state index in [0.29, 0.717) is 6.54 Å². The average molecular weight is 182 g/mol. The normalized spacial score (nSPS) is 27.2. The maximum Gasteiger partial charge on any atom is 0.223 e. The summed E-state index contributed by atoms with van der Waals surface area (Å²) in [4.78, 5) is 11.5. The maximum atomic E-state index is 11.5. The fourth-order valence-electron chi connectivity index (χ4n) is 1.70. The first-order chi connectivity index (χ1) is 6.24. The van der Waals surface area contributed by atoms with Gasteiger partial charge >= 0.3 is 0 Å². The molecule has 0 radical (unpaired) electrons. The minimum atomic E-state index is 0.153. The molecule has 0 aromatic carbocycles. The topological polar surface area (TPSA) is 55.1 Å². The number of nitrogens with one attached hydrogen (secondary N) is 1. The summed E-state index contributed by atoms with van der Waals surface area (Å²) in [5.74, 6) is 0.314. The van der Waals surface area contributed by atoms with Crippen molar-refractivity contribution in [3.05, 3.63) is 12.7 Å². The molecule has 3 N–H and O–H groups in total. The lowest BCUT2D eigenvalue weighted by molar-refractivity contribution is -0.124. The van der Waals surface area contributed by atoms with Gasteiger partial charge in [0.1, 0.15) is 0 Å². The number of hydrogen-bond donors (Lipinski definition) is 2. The van der Waals surface area contributed by atoms with Crippen molar-refractivity contribution in [2.75, 3.05) is 6.54 Å². The minimum absolute atomic E-state index is 0.153. The van der Waals surface area contributed by atoms with Crippen LogP contribution < -0.4 is 11.1 Å². The third-order valence-electron chi connectivity index (χ3n) is 2.49. The van der Waals surface area contributed by atoms with Crippen molar-refractivity contribution >= 4 is 5.91 Å². The minimum Gasteiger partial charge on any atom is -0.356 e. The van der Waals surface area contributed by atoms with E-state index in [4.69, 9.17) is 5.73 Å². The van der Waals surface area contributed by atoms with Gasteiger partial charge in [0.05, 0.1) is 0 Å². The summed E-state index contributed by atoms with van der Waals surface area (Å²) in [5, 5.41) is 2.88. The Morgan fingerprint density at radius 2 is 2.38 bits per heavy atom. The summed E-state index contributed by atoms with van der Waals surface area (Å²) in [6, 6.07) is 0.232. The van der Waals surface area contributed by atoms with Crippen molar-refractivity contribution < 1.29 is 4.79 Å². The van der Waals surface area contributed by atoms with Gasteiger partial charge in [0, 0.05) is 18.5 Å². The van der Waals surface area contributed by atoms with Crippen molar-refractivity contribution in [3.8, 4) is 0 Å². The number of carbonyl (C=O) groups is 1. The predicted octanol–water partition coefficient (Wildman–Crippen LogP) is 0.806. The number of carbonyl (C=O) groups excluding carboxylic acids is 1. The molecule has 0 aromatic heterocycles. The fraction of sp³-hybridized carbons (Fsp3) is 0.700. The summed E-state index contributed by atoms with van der Waals surface area (Å²) in [5.41, 5.74) is 5.72. The van der Waals surface area contributed by atoms with Gasteiger partial charge in [0.25, 0.3) is 0 Å². The van der Waals surface area contributed by atoms with Crippen molar-refractivity contribution in [2.45, 2.75) is 31.7 Å². The molecule has 13 heavy (non-hydrogen) atoms. The van der Waals surface area contributed by atoms with E-state index in [9.17, 15) is 4.79 Å². The highest BCUT2D eigenvalue weighted by atomic mass is 16.1. The Bertz CT molecular complexity index is 191. The Labute approximate surface area is 79.4 Å². The average Bonchev–Trinajstić information content (AvgIpc) is 2.52. The van der Waals surface area contributed by atoms with Crippen LogP contribution in [0.1, 0.15) is 25.7 Å². The molecule has 1 aliphatic rings. The molecule has 0 saturated heterocycles. The number of amides is 1. The van der Waals surface area contributed by atoms with Crippen molar-refractivity contribution in [1.29, 1.82) is 0 Å². The van der Waals surface area contributed by atoms with Crippen LogP contribution >= 0.6 is 0 Å². The summed E-state index contributed by atoms with van der Waals surface area (Å²) < 4.78 is 0. The monoisotopic (exact) mass is 182 g/mol. The van der Waals surface area contributed by atoms with E-state index in [1.807, 2.05) is 0 Å². The van der Waals surface area contributed by atoms with Gasteiger partial charge in [0.15, 0.2) is 0 Å². The number of rotatable bonds is 4. The van der Waals surface area contributed by atoms with Crippen LogP contribution in [0.5, 0.6) is 0 Å². The Morgan fingerprint density at radius 1 is 1.62 bits per heavy atom. The first kappa shape index (κ1) is 10.3. The number of hydrogen-bond acceptors (Lipinski definition) is 2. The van der Waals surface area contributed by atoms with Gasteiger partial charge in [-0.1, -0.05) is 6.08 Å². The molecule has 1 fully saturated rings. The van der Waals surface area contributed by atoms with Crippen molar-refractivity contribution in [1.82, 2.24) is 5.32 Å². The van der Waals surface area contributed by atoms with Crippen LogP contribution in [0.25, 0.3) is 0 Å². The molecule has 1 saturated carbocycles. The Morgan fingerprint density at radius 3 is 2.92 bits per heavy atom. The van der Waals surface area contributed by atoms with Gasteiger partial charge in [-0.2, -0.15) is 0 Å². The van der Waals surface area contributed by atoms with E-state index in [1.54, 1.807) is 6.08 Å². The maximum absolute atomic E-state index is 11.5. The second-order valence-electron chi connectivity index (χ2n) is 3.64. The molecule has 1 rings (SSSR count). The zero-order chi connectivity index (χ0) is 9.68. The molecule has 3 nitrogen and oxygen atoms in total. The highest BCUT2D eigenvalue weighted by Crippen LogP contribution is 2.23. The van der Waals surface area contributed by atoms with E-state index in [2.05, 4.69) is 11.9 Å². The van der Waals surface area contributed by atoms with Gasteiger partial charge in [-0.3, -0.25) is 4.79 Å². The van der Waals surface area contributed by atoms with Gasteiger partial charge in [-0.15, -0.1) is 6.58 Å². The Hall–Kier alpha value is -0.830. The summed E-state index contributed by atoms with van der Waals surface area (Å²) in [7, 11) is 0. The van der Waals surface area contributed by atoms with E-state index in [0.717, 1.165) is 25.7 Å². The molecule has 3 heteroatoms. The molecule has 1 amide bonds. The van der Waals surface area contributed by atoms with E-state index >= 15 is 0 Å². The second kappa shape index (κ2) is 5.02. The first-order valence-corrected chi connectivity index (χ1v) is 4.88. The molecule has 2 unspecified atom stereocenters. The summed E-state index contributed by atoms with van der Waals surface area (Å²) >= 11 is 0. The van der Waals surface area contributed by atoms with Gasteiger partial charge < -0.3 is 11.1 Å². The molecule has 0 heterocycles. The third-order valence-corrected chi connectivity index (χ3v) is 2.49. The van der Waals surface area contributed by atoms with Gasteiger partial charge in [-0.05, 0) is 25.7 Å². The lowest BCUT2D eigenvalue weighted by atomic mass is 10.1. The predicted molar refractivity (Wildman–Crippen MR) is 53.1 cm³/mol. The Balaban J connectivity index is 2.19. The quantitative estimate of drug-likeness (QED) is 0.499. The van der Waals surface area contributed by atoms with Crippen LogP contribution in [0.3, 0.4) is 0 Å². The highest BCUT2D eigenvalue weighted by molar-refractivity contribution is 5.78. The smallest absolute Gasteiger partial charge is 0.223 e. The Kier molecular flexibility index (Phi) is 3.96. The molecule has 0 spiro atoms. The van der Waals surface area contributed by atoms with Crippen LogP contribution in [0.4, 0.5) is 0 Å². The molecule has 1 aliphatic carbocycles. The molecule has 0 bridgehead atoms. The standard InChI is InChI=1S/C10H18N2O/c1-2-3-6-12-10(13)8-4-5-9(11)7-8/h2,8-9H,1,3-7,11H2,(H,12,13). The fourth-order valence-corrected chi connectivity index (χ4v) is 1.70. The zero-order valence-electron chi connectivity index (χ0n) is 7.96. The van der Waals surface area contributed by atoms with E-state index < -0.39 is 0 Å². The van der Waals surface area contributed by atoms with Gasteiger partial charge in [-0.25, -0.2) is 0 Å². The molecule has 0 aromatic rings. The lowest BCUT2D eigenvalue weighted by Crippen LogP contribution is -2.30. The highest BCUT2D eigenvalue weighted by Gasteiger charge is 2.27. The van der Waals surface area contributed by atoms with Crippen molar-refractivity contribution in [2.24, 2.45) is 11.7 Å². The molecular weight excluding hydrogens is 164 g/mol. The lowest BCUT2D eigenvalue weighted by Gasteiger charge is -2.09. The molecule has 0 aliphatic heterocycles. The zero-order valence-corrected chi connectivity index (χ0v) is 7.96. The SMILES string of the molecule is C=CCCNC(=O)C1CCC(N)C1. The van der Waals surface area contributed by atoms with E-state index in [-0.39, 0.29) is 17.9 Å². The molecule has 74 valence electrons.